The number of hydrogen-bond donors (Lipinski definition) is 1. The highest BCUT2D eigenvalue weighted by Crippen LogP contribution is 2.22. The molecule has 1 heterocycles. The minimum atomic E-state index is 0. The summed E-state index contributed by atoms with van der Waals surface area (Å²) in [4.78, 5) is 4.18. The molecule has 0 spiro atoms. The first kappa shape index (κ1) is 10.5. The van der Waals surface area contributed by atoms with Gasteiger partial charge in [0.15, 0.2) is 5.13 Å². The van der Waals surface area contributed by atoms with Crippen molar-refractivity contribution in [2.24, 2.45) is 0 Å². The van der Waals surface area contributed by atoms with Crippen molar-refractivity contribution in [1.82, 2.24) is 4.98 Å². The second-order valence-corrected chi connectivity index (χ2v) is 3.33. The summed E-state index contributed by atoms with van der Waals surface area (Å²) in [5, 5.41) is 2.58. The number of rotatable bonds is 1. The van der Waals surface area contributed by atoms with Crippen LogP contribution in [0.15, 0.2) is 35.7 Å². The van der Waals surface area contributed by atoms with E-state index in [0.29, 0.717) is 5.13 Å². The van der Waals surface area contributed by atoms with Gasteiger partial charge in [0.25, 0.3) is 0 Å². The third-order valence-electron chi connectivity index (χ3n) is 1.59. The van der Waals surface area contributed by atoms with Crippen LogP contribution >= 0.6 is 35.3 Å². The number of aromatic nitrogens is 1. The van der Waals surface area contributed by atoms with E-state index in [2.05, 4.69) is 4.98 Å². The Morgan fingerprint density at radius 3 is 2.38 bits per heavy atom. The molecular weight excluding hydrogens is 295 g/mol. The van der Waals surface area contributed by atoms with E-state index in [9.17, 15) is 0 Å². The molecule has 0 saturated carbocycles. The average Bonchev–Trinajstić information content (AvgIpc) is 2.54. The van der Waals surface area contributed by atoms with E-state index in [1.807, 2.05) is 35.7 Å². The standard InChI is InChI=1S/C9H8N2S.HI/c10-9-11-8(6-12-9)7-4-2-1-3-5-7;/h1-6H,(H2,10,11);1H. The number of halogens is 1. The Hall–Kier alpha value is -0.620. The van der Waals surface area contributed by atoms with Gasteiger partial charge in [-0.25, -0.2) is 4.98 Å². The number of thiazole rings is 1. The lowest BCUT2D eigenvalue weighted by Gasteiger charge is -1.92. The second-order valence-electron chi connectivity index (χ2n) is 2.44. The Bertz CT molecular complexity index is 372. The number of nitrogens with zero attached hydrogens (tertiary/aromatic N) is 1. The van der Waals surface area contributed by atoms with Gasteiger partial charge in [-0.05, 0) is 0 Å². The molecule has 0 aliphatic heterocycles. The van der Waals surface area contributed by atoms with Gasteiger partial charge in [0, 0.05) is 10.9 Å². The molecule has 13 heavy (non-hydrogen) atoms. The molecule has 1 aromatic carbocycles. The highest BCUT2D eigenvalue weighted by atomic mass is 127. The first-order valence-corrected chi connectivity index (χ1v) is 4.50. The van der Waals surface area contributed by atoms with E-state index in [-0.39, 0.29) is 24.0 Å². The molecule has 0 aliphatic rings. The van der Waals surface area contributed by atoms with E-state index < -0.39 is 0 Å². The zero-order chi connectivity index (χ0) is 8.39. The van der Waals surface area contributed by atoms with Crippen molar-refractivity contribution in [3.8, 4) is 11.3 Å². The van der Waals surface area contributed by atoms with E-state index in [1.54, 1.807) is 0 Å². The first-order valence-electron chi connectivity index (χ1n) is 3.63. The van der Waals surface area contributed by atoms with Crippen LogP contribution in [-0.4, -0.2) is 4.98 Å². The summed E-state index contributed by atoms with van der Waals surface area (Å²) in [5.41, 5.74) is 7.60. The largest absolute Gasteiger partial charge is 0.375 e. The smallest absolute Gasteiger partial charge is 0.180 e. The van der Waals surface area contributed by atoms with Gasteiger partial charge in [0.05, 0.1) is 5.69 Å². The fourth-order valence-electron chi connectivity index (χ4n) is 1.03. The molecular formula is C9H9IN2S. The minimum absolute atomic E-state index is 0. The molecule has 1 aromatic heterocycles. The molecule has 2 rings (SSSR count). The Kier molecular flexibility index (Phi) is 3.68. The molecule has 0 fully saturated rings. The summed E-state index contributed by atoms with van der Waals surface area (Å²) in [6.45, 7) is 0. The molecule has 0 aliphatic carbocycles. The van der Waals surface area contributed by atoms with Crippen molar-refractivity contribution in [3.63, 3.8) is 0 Å². The third-order valence-corrected chi connectivity index (χ3v) is 2.27. The molecule has 2 N–H and O–H groups in total. The fourth-order valence-corrected chi connectivity index (χ4v) is 1.60. The van der Waals surface area contributed by atoms with Gasteiger partial charge in [0.1, 0.15) is 0 Å². The van der Waals surface area contributed by atoms with Crippen molar-refractivity contribution in [1.29, 1.82) is 0 Å². The monoisotopic (exact) mass is 304 g/mol. The first-order chi connectivity index (χ1) is 5.86. The van der Waals surface area contributed by atoms with E-state index in [4.69, 9.17) is 5.73 Å². The predicted octanol–water partition coefficient (Wildman–Crippen LogP) is 3.01. The molecule has 2 nitrogen and oxygen atoms in total. The van der Waals surface area contributed by atoms with Crippen molar-refractivity contribution in [3.05, 3.63) is 35.7 Å². The van der Waals surface area contributed by atoms with E-state index in [1.165, 1.54) is 11.3 Å². The fraction of sp³-hybridized carbons (Fsp3) is 0. The van der Waals surface area contributed by atoms with Crippen molar-refractivity contribution in [2.45, 2.75) is 0 Å². The van der Waals surface area contributed by atoms with Gasteiger partial charge < -0.3 is 5.73 Å². The maximum absolute atomic E-state index is 5.52. The van der Waals surface area contributed by atoms with Crippen LogP contribution in [0, 0.1) is 0 Å². The molecule has 0 saturated heterocycles. The van der Waals surface area contributed by atoms with Crippen LogP contribution in [0.4, 0.5) is 5.13 Å². The molecule has 0 radical (unpaired) electrons. The predicted molar refractivity (Wildman–Crippen MR) is 67.4 cm³/mol. The minimum Gasteiger partial charge on any atom is -0.375 e. The SMILES string of the molecule is I.Nc1nc(-c2ccccc2)cs1. The van der Waals surface area contributed by atoms with Crippen LogP contribution in [0.5, 0.6) is 0 Å². The van der Waals surface area contributed by atoms with Gasteiger partial charge in [-0.1, -0.05) is 30.3 Å². The number of anilines is 1. The molecule has 0 unspecified atom stereocenters. The van der Waals surface area contributed by atoms with Crippen LogP contribution in [0.3, 0.4) is 0 Å². The van der Waals surface area contributed by atoms with Gasteiger partial charge in [-0.2, -0.15) is 0 Å². The van der Waals surface area contributed by atoms with Gasteiger partial charge in [-0.15, -0.1) is 35.3 Å². The van der Waals surface area contributed by atoms with Gasteiger partial charge in [0.2, 0.25) is 0 Å². The number of hydrogen-bond acceptors (Lipinski definition) is 3. The van der Waals surface area contributed by atoms with Crippen molar-refractivity contribution < 1.29 is 0 Å². The zero-order valence-electron chi connectivity index (χ0n) is 6.81. The Morgan fingerprint density at radius 1 is 1.15 bits per heavy atom. The third kappa shape index (κ3) is 2.41. The Morgan fingerprint density at radius 2 is 1.85 bits per heavy atom. The van der Waals surface area contributed by atoms with Crippen LogP contribution in [-0.2, 0) is 0 Å². The maximum Gasteiger partial charge on any atom is 0.180 e. The number of nitrogen functional groups attached to an aromatic ring is 1. The molecule has 0 amide bonds. The lowest BCUT2D eigenvalue weighted by atomic mass is 10.2. The van der Waals surface area contributed by atoms with E-state index in [0.717, 1.165) is 11.3 Å². The van der Waals surface area contributed by atoms with Crippen molar-refractivity contribution >= 4 is 40.4 Å². The molecule has 0 atom stereocenters. The molecule has 68 valence electrons. The molecule has 2 aromatic rings. The highest BCUT2D eigenvalue weighted by Gasteiger charge is 1.99. The highest BCUT2D eigenvalue weighted by molar-refractivity contribution is 14.0. The van der Waals surface area contributed by atoms with Crippen LogP contribution in [0.25, 0.3) is 11.3 Å². The Balaban J connectivity index is 0.000000845. The van der Waals surface area contributed by atoms with Crippen LogP contribution < -0.4 is 5.73 Å². The summed E-state index contributed by atoms with van der Waals surface area (Å²) in [7, 11) is 0. The number of benzene rings is 1. The van der Waals surface area contributed by atoms with Crippen LogP contribution in [0.2, 0.25) is 0 Å². The second kappa shape index (κ2) is 4.57. The maximum atomic E-state index is 5.52. The normalized spacial score (nSPS) is 9.23. The molecule has 4 heteroatoms. The zero-order valence-corrected chi connectivity index (χ0v) is 9.95. The van der Waals surface area contributed by atoms with Gasteiger partial charge in [-0.3, -0.25) is 0 Å². The lowest BCUT2D eigenvalue weighted by molar-refractivity contribution is 1.41. The summed E-state index contributed by atoms with van der Waals surface area (Å²) in [6, 6.07) is 10.0. The summed E-state index contributed by atoms with van der Waals surface area (Å²) < 4.78 is 0. The van der Waals surface area contributed by atoms with E-state index >= 15 is 0 Å². The van der Waals surface area contributed by atoms with Crippen LogP contribution in [0.1, 0.15) is 0 Å². The lowest BCUT2D eigenvalue weighted by Crippen LogP contribution is -1.82. The quantitative estimate of drug-likeness (QED) is 0.823. The Labute approximate surface area is 97.8 Å². The number of nitrogens with two attached hydrogens (primary N) is 1. The topological polar surface area (TPSA) is 38.9 Å². The summed E-state index contributed by atoms with van der Waals surface area (Å²) in [5.74, 6) is 0. The van der Waals surface area contributed by atoms with Crippen molar-refractivity contribution in [2.75, 3.05) is 5.73 Å². The average molecular weight is 304 g/mol. The van der Waals surface area contributed by atoms with Gasteiger partial charge >= 0.3 is 0 Å². The molecule has 0 bridgehead atoms. The summed E-state index contributed by atoms with van der Waals surface area (Å²) in [6.07, 6.45) is 0. The summed E-state index contributed by atoms with van der Waals surface area (Å²) >= 11 is 1.47.